The third-order valence-electron chi connectivity index (χ3n) is 4.27. The van der Waals surface area contributed by atoms with Gasteiger partial charge in [0.1, 0.15) is 6.61 Å². The number of carbonyl (C=O) groups excluding carboxylic acids is 2. The van der Waals surface area contributed by atoms with Gasteiger partial charge in [-0.1, -0.05) is 41.4 Å². The molecule has 0 aliphatic carbocycles. The van der Waals surface area contributed by atoms with E-state index in [0.29, 0.717) is 21.4 Å². The number of halogens is 2. The summed E-state index contributed by atoms with van der Waals surface area (Å²) in [7, 11) is 0. The van der Waals surface area contributed by atoms with Crippen LogP contribution in [0.4, 0.5) is 0 Å². The van der Waals surface area contributed by atoms with E-state index in [1.807, 2.05) is 17.0 Å². The van der Waals surface area contributed by atoms with Crippen molar-refractivity contribution in [2.45, 2.75) is 24.3 Å². The summed E-state index contributed by atoms with van der Waals surface area (Å²) in [4.78, 5) is 27.4. The normalized spacial score (nSPS) is 13.6. The van der Waals surface area contributed by atoms with Crippen molar-refractivity contribution in [1.29, 1.82) is 0 Å². The van der Waals surface area contributed by atoms with Crippen LogP contribution in [0.1, 0.15) is 28.8 Å². The first-order valence-electron chi connectivity index (χ1n) is 8.65. The number of likely N-dealkylation sites (tertiary alicyclic amines) is 1. The zero-order chi connectivity index (χ0) is 19.2. The van der Waals surface area contributed by atoms with E-state index >= 15 is 0 Å². The van der Waals surface area contributed by atoms with Gasteiger partial charge >= 0.3 is 5.97 Å². The van der Waals surface area contributed by atoms with Crippen LogP contribution in [0.15, 0.2) is 47.4 Å². The Hall–Kier alpha value is -1.69. The van der Waals surface area contributed by atoms with Crippen molar-refractivity contribution >= 4 is 46.8 Å². The molecule has 1 amide bonds. The molecule has 2 aromatic carbocycles. The third-order valence-corrected chi connectivity index (χ3v) is 6.07. The lowest BCUT2D eigenvalue weighted by Gasteiger charge is -2.15. The van der Waals surface area contributed by atoms with Gasteiger partial charge in [-0.3, -0.25) is 4.79 Å². The van der Waals surface area contributed by atoms with Gasteiger partial charge in [-0.2, -0.15) is 0 Å². The van der Waals surface area contributed by atoms with E-state index in [2.05, 4.69) is 0 Å². The van der Waals surface area contributed by atoms with E-state index in [0.717, 1.165) is 36.4 Å². The second kappa shape index (κ2) is 9.49. The van der Waals surface area contributed by atoms with Crippen molar-refractivity contribution in [2.75, 3.05) is 18.8 Å². The van der Waals surface area contributed by atoms with Crippen molar-refractivity contribution < 1.29 is 14.3 Å². The van der Waals surface area contributed by atoms with Crippen molar-refractivity contribution in [3.05, 3.63) is 63.6 Å². The van der Waals surface area contributed by atoms with Crippen LogP contribution in [0.3, 0.4) is 0 Å². The first kappa shape index (κ1) is 20.1. The summed E-state index contributed by atoms with van der Waals surface area (Å²) in [5, 5.41) is 0.873. The number of ether oxygens (including phenoxy) is 1. The summed E-state index contributed by atoms with van der Waals surface area (Å²) < 4.78 is 5.41. The van der Waals surface area contributed by atoms with Crippen molar-refractivity contribution in [3.63, 3.8) is 0 Å². The smallest absolute Gasteiger partial charge is 0.339 e. The maximum absolute atomic E-state index is 12.5. The Labute approximate surface area is 172 Å². The molecule has 0 bridgehead atoms. The molecule has 1 heterocycles. The standard InChI is InChI=1S/C20H19Cl2NO3S/c21-16-8-7-14(11-17(16)22)12-26-20(25)15-5-1-2-6-18(15)27-13-19(24)23-9-3-4-10-23/h1-2,5-8,11H,3-4,9-10,12-13H2. The van der Waals surface area contributed by atoms with E-state index < -0.39 is 5.97 Å². The van der Waals surface area contributed by atoms with Crippen LogP contribution in [0.5, 0.6) is 0 Å². The van der Waals surface area contributed by atoms with Crippen LogP contribution in [0, 0.1) is 0 Å². The fourth-order valence-electron chi connectivity index (χ4n) is 2.81. The molecule has 0 unspecified atom stereocenters. The first-order chi connectivity index (χ1) is 13.0. The van der Waals surface area contributed by atoms with E-state index in [1.165, 1.54) is 11.8 Å². The molecule has 0 spiro atoms. The Morgan fingerprint density at radius 3 is 2.52 bits per heavy atom. The number of nitrogens with zero attached hydrogens (tertiary/aromatic N) is 1. The largest absolute Gasteiger partial charge is 0.457 e. The molecule has 1 aliphatic rings. The molecule has 0 atom stereocenters. The minimum atomic E-state index is -0.433. The van der Waals surface area contributed by atoms with E-state index in [4.69, 9.17) is 27.9 Å². The predicted molar refractivity (Wildman–Crippen MR) is 109 cm³/mol. The number of carbonyl (C=O) groups is 2. The Morgan fingerprint density at radius 1 is 1.04 bits per heavy atom. The lowest BCUT2D eigenvalue weighted by atomic mass is 10.2. The minimum Gasteiger partial charge on any atom is -0.457 e. The monoisotopic (exact) mass is 423 g/mol. The molecule has 3 rings (SSSR count). The zero-order valence-corrected chi connectivity index (χ0v) is 16.9. The van der Waals surface area contributed by atoms with Gasteiger partial charge in [0.25, 0.3) is 0 Å². The second-order valence-corrected chi connectivity index (χ2v) is 8.03. The average Bonchev–Trinajstić information content (AvgIpc) is 3.22. The van der Waals surface area contributed by atoms with Gasteiger partial charge in [0.05, 0.1) is 21.4 Å². The molecular formula is C20H19Cl2NO3S. The first-order valence-corrected chi connectivity index (χ1v) is 10.4. The SMILES string of the molecule is O=C(OCc1ccc(Cl)c(Cl)c1)c1ccccc1SCC(=O)N1CCCC1. The summed E-state index contributed by atoms with van der Waals surface area (Å²) in [6, 6.07) is 12.3. The fourth-order valence-corrected chi connectivity index (χ4v) is 4.08. The number of rotatable bonds is 6. The van der Waals surface area contributed by atoms with E-state index in [1.54, 1.807) is 30.3 Å². The van der Waals surface area contributed by atoms with Crippen LogP contribution in [-0.2, 0) is 16.1 Å². The van der Waals surface area contributed by atoms with Crippen LogP contribution in [-0.4, -0.2) is 35.6 Å². The maximum Gasteiger partial charge on any atom is 0.339 e. The molecule has 4 nitrogen and oxygen atoms in total. The average molecular weight is 424 g/mol. The molecule has 0 aromatic heterocycles. The summed E-state index contributed by atoms with van der Waals surface area (Å²) in [5.41, 5.74) is 1.21. The second-order valence-electron chi connectivity index (χ2n) is 6.20. The van der Waals surface area contributed by atoms with Gasteiger partial charge in [0.2, 0.25) is 5.91 Å². The van der Waals surface area contributed by atoms with Crippen LogP contribution < -0.4 is 0 Å². The number of amides is 1. The molecule has 0 radical (unpaired) electrons. The Bertz CT molecular complexity index is 838. The lowest BCUT2D eigenvalue weighted by Crippen LogP contribution is -2.29. The summed E-state index contributed by atoms with van der Waals surface area (Å²) >= 11 is 13.2. The Balaban J connectivity index is 1.60. The highest BCUT2D eigenvalue weighted by Gasteiger charge is 2.19. The molecule has 2 aromatic rings. The summed E-state index contributed by atoms with van der Waals surface area (Å²) in [6.07, 6.45) is 2.13. The number of hydrogen-bond acceptors (Lipinski definition) is 4. The molecule has 0 N–H and O–H groups in total. The highest BCUT2D eigenvalue weighted by molar-refractivity contribution is 8.00. The topological polar surface area (TPSA) is 46.6 Å². The van der Waals surface area contributed by atoms with Crippen LogP contribution in [0.2, 0.25) is 10.0 Å². The number of benzene rings is 2. The highest BCUT2D eigenvalue weighted by Crippen LogP contribution is 2.26. The Morgan fingerprint density at radius 2 is 1.78 bits per heavy atom. The van der Waals surface area contributed by atoms with E-state index in [-0.39, 0.29) is 12.5 Å². The van der Waals surface area contributed by atoms with Gasteiger partial charge in [0.15, 0.2) is 0 Å². The van der Waals surface area contributed by atoms with Crippen LogP contribution in [0.25, 0.3) is 0 Å². The molecule has 1 saturated heterocycles. The number of esters is 1. The third kappa shape index (κ3) is 5.41. The van der Waals surface area contributed by atoms with Crippen molar-refractivity contribution in [3.8, 4) is 0 Å². The van der Waals surface area contributed by atoms with Gasteiger partial charge in [-0.05, 0) is 42.7 Å². The number of thioether (sulfide) groups is 1. The number of hydrogen-bond donors (Lipinski definition) is 0. The highest BCUT2D eigenvalue weighted by atomic mass is 35.5. The van der Waals surface area contributed by atoms with Gasteiger partial charge < -0.3 is 9.64 Å². The summed E-state index contributed by atoms with van der Waals surface area (Å²) in [5.74, 6) is -0.00820. The van der Waals surface area contributed by atoms with Crippen molar-refractivity contribution in [1.82, 2.24) is 4.90 Å². The maximum atomic E-state index is 12.5. The predicted octanol–water partition coefficient (Wildman–Crippen LogP) is 5.06. The van der Waals surface area contributed by atoms with Gasteiger partial charge in [-0.25, -0.2) is 4.79 Å². The molecular weight excluding hydrogens is 405 g/mol. The fraction of sp³-hybridized carbons (Fsp3) is 0.300. The zero-order valence-electron chi connectivity index (χ0n) is 14.6. The molecule has 7 heteroatoms. The quantitative estimate of drug-likeness (QED) is 0.480. The van der Waals surface area contributed by atoms with E-state index in [9.17, 15) is 9.59 Å². The van der Waals surface area contributed by atoms with Crippen LogP contribution >= 0.6 is 35.0 Å². The van der Waals surface area contributed by atoms with Crippen molar-refractivity contribution in [2.24, 2.45) is 0 Å². The summed E-state index contributed by atoms with van der Waals surface area (Å²) in [6.45, 7) is 1.75. The molecule has 142 valence electrons. The molecule has 0 saturated carbocycles. The lowest BCUT2D eigenvalue weighted by molar-refractivity contribution is -0.127. The minimum absolute atomic E-state index is 0.0986. The molecule has 27 heavy (non-hydrogen) atoms. The van der Waals surface area contributed by atoms with Gasteiger partial charge in [-0.15, -0.1) is 11.8 Å². The molecule has 1 aliphatic heterocycles. The van der Waals surface area contributed by atoms with Gasteiger partial charge in [0, 0.05) is 18.0 Å². The Kier molecular flexibility index (Phi) is 7.05. The molecule has 1 fully saturated rings.